The number of ether oxygens (including phenoxy) is 1. The van der Waals surface area contributed by atoms with Crippen LogP contribution >= 0.6 is 0 Å². The third kappa shape index (κ3) is 2.67. The molecule has 18 heavy (non-hydrogen) atoms. The number of aryl methyl sites for hydroxylation is 2. The summed E-state index contributed by atoms with van der Waals surface area (Å²) in [5.41, 5.74) is 2.67. The average molecular weight is 246 g/mol. The van der Waals surface area contributed by atoms with Crippen molar-refractivity contribution in [3.8, 4) is 5.75 Å². The third-order valence-electron chi connectivity index (χ3n) is 3.33. The first-order chi connectivity index (χ1) is 8.76. The Kier molecular flexibility index (Phi) is 4.26. The number of hydrogen-bond donors (Lipinski definition) is 1. The summed E-state index contributed by atoms with van der Waals surface area (Å²) in [6.45, 7) is 4.28. The van der Waals surface area contributed by atoms with E-state index in [0.717, 1.165) is 25.3 Å². The Morgan fingerprint density at radius 3 is 2.89 bits per heavy atom. The molecule has 2 aromatic rings. The van der Waals surface area contributed by atoms with Gasteiger partial charge in [0, 0.05) is 24.7 Å². The molecule has 0 amide bonds. The largest absolute Gasteiger partial charge is 0.497 e. The first-order valence-corrected chi connectivity index (χ1v) is 6.59. The van der Waals surface area contributed by atoms with Gasteiger partial charge in [-0.2, -0.15) is 0 Å². The number of benzene rings is 1. The van der Waals surface area contributed by atoms with E-state index in [1.54, 1.807) is 7.11 Å². The van der Waals surface area contributed by atoms with E-state index in [2.05, 4.69) is 42.2 Å². The molecule has 0 radical (unpaired) electrons. The minimum Gasteiger partial charge on any atom is -0.497 e. The molecule has 1 aromatic heterocycles. The summed E-state index contributed by atoms with van der Waals surface area (Å²) in [4.78, 5) is 0. The molecule has 2 rings (SSSR count). The van der Waals surface area contributed by atoms with Crippen molar-refractivity contribution < 1.29 is 4.74 Å². The van der Waals surface area contributed by atoms with Gasteiger partial charge >= 0.3 is 0 Å². The molecule has 1 aromatic carbocycles. The number of fused-ring (bicyclic) bond motifs is 1. The van der Waals surface area contributed by atoms with Crippen LogP contribution < -0.4 is 10.1 Å². The van der Waals surface area contributed by atoms with Gasteiger partial charge in [-0.1, -0.05) is 6.92 Å². The highest BCUT2D eigenvalue weighted by Gasteiger charge is 2.07. The standard InChI is InChI=1S/C15H22N2O/c1-4-16-9-5-6-12-11-17(2)15-10-13(18-3)7-8-14(12)15/h7-8,10-11,16H,4-6,9H2,1-3H3. The lowest BCUT2D eigenvalue weighted by molar-refractivity contribution is 0.415. The number of nitrogens with zero attached hydrogens (tertiary/aromatic N) is 1. The van der Waals surface area contributed by atoms with Crippen molar-refractivity contribution in [1.82, 2.24) is 9.88 Å². The summed E-state index contributed by atoms with van der Waals surface area (Å²) >= 11 is 0. The summed E-state index contributed by atoms with van der Waals surface area (Å²) in [5.74, 6) is 0.919. The number of rotatable bonds is 6. The van der Waals surface area contributed by atoms with Crippen LogP contribution in [-0.4, -0.2) is 24.8 Å². The molecule has 0 aliphatic rings. The fraction of sp³-hybridized carbons (Fsp3) is 0.467. The lowest BCUT2D eigenvalue weighted by atomic mass is 10.1. The van der Waals surface area contributed by atoms with E-state index in [-0.39, 0.29) is 0 Å². The average Bonchev–Trinajstić information content (AvgIpc) is 2.71. The van der Waals surface area contributed by atoms with E-state index in [1.807, 2.05) is 6.07 Å². The quantitative estimate of drug-likeness (QED) is 0.793. The predicted octanol–water partition coefficient (Wildman–Crippen LogP) is 2.73. The Bertz CT molecular complexity index is 516. The Labute approximate surface area is 109 Å². The van der Waals surface area contributed by atoms with Crippen LogP contribution in [0.2, 0.25) is 0 Å². The first kappa shape index (κ1) is 13.0. The molecular formula is C15H22N2O. The van der Waals surface area contributed by atoms with Crippen molar-refractivity contribution in [3.63, 3.8) is 0 Å². The highest BCUT2D eigenvalue weighted by atomic mass is 16.5. The monoisotopic (exact) mass is 246 g/mol. The maximum Gasteiger partial charge on any atom is 0.120 e. The van der Waals surface area contributed by atoms with Crippen LogP contribution in [0.3, 0.4) is 0 Å². The second kappa shape index (κ2) is 5.91. The minimum absolute atomic E-state index is 0.919. The molecule has 0 bridgehead atoms. The molecule has 98 valence electrons. The Morgan fingerprint density at radius 1 is 1.33 bits per heavy atom. The summed E-state index contributed by atoms with van der Waals surface area (Å²) in [7, 11) is 3.80. The summed E-state index contributed by atoms with van der Waals surface area (Å²) in [5, 5.41) is 4.71. The van der Waals surface area contributed by atoms with Crippen molar-refractivity contribution in [2.45, 2.75) is 19.8 Å². The number of nitrogens with one attached hydrogen (secondary N) is 1. The number of methoxy groups -OCH3 is 1. The smallest absolute Gasteiger partial charge is 0.120 e. The SMILES string of the molecule is CCNCCCc1cn(C)c2cc(OC)ccc12. The summed E-state index contributed by atoms with van der Waals surface area (Å²) in [6, 6.07) is 6.30. The van der Waals surface area contributed by atoms with Crippen LogP contribution in [0.15, 0.2) is 24.4 Å². The Morgan fingerprint density at radius 2 is 2.17 bits per heavy atom. The lowest BCUT2D eigenvalue weighted by Crippen LogP contribution is -2.14. The van der Waals surface area contributed by atoms with Gasteiger partial charge in [-0.3, -0.25) is 0 Å². The molecule has 1 heterocycles. The van der Waals surface area contributed by atoms with Crippen LogP contribution in [0.4, 0.5) is 0 Å². The van der Waals surface area contributed by atoms with Gasteiger partial charge in [0.1, 0.15) is 5.75 Å². The molecule has 1 N–H and O–H groups in total. The molecule has 0 unspecified atom stereocenters. The van der Waals surface area contributed by atoms with E-state index in [4.69, 9.17) is 4.74 Å². The topological polar surface area (TPSA) is 26.2 Å². The van der Waals surface area contributed by atoms with Crippen molar-refractivity contribution in [2.75, 3.05) is 20.2 Å². The van der Waals surface area contributed by atoms with Gasteiger partial charge in [0.15, 0.2) is 0 Å². The van der Waals surface area contributed by atoms with E-state index in [1.165, 1.54) is 22.9 Å². The van der Waals surface area contributed by atoms with Crippen molar-refractivity contribution >= 4 is 10.9 Å². The van der Waals surface area contributed by atoms with Crippen LogP contribution in [0.5, 0.6) is 5.75 Å². The van der Waals surface area contributed by atoms with E-state index >= 15 is 0 Å². The highest BCUT2D eigenvalue weighted by Crippen LogP contribution is 2.25. The van der Waals surface area contributed by atoms with Gasteiger partial charge in [0.25, 0.3) is 0 Å². The van der Waals surface area contributed by atoms with Gasteiger partial charge in [-0.25, -0.2) is 0 Å². The molecule has 0 spiro atoms. The molecule has 0 aliphatic heterocycles. The fourth-order valence-corrected chi connectivity index (χ4v) is 2.35. The van der Waals surface area contributed by atoms with Crippen molar-refractivity contribution in [1.29, 1.82) is 0 Å². The zero-order valence-electron chi connectivity index (χ0n) is 11.5. The zero-order valence-corrected chi connectivity index (χ0v) is 11.5. The minimum atomic E-state index is 0.919. The van der Waals surface area contributed by atoms with Crippen molar-refractivity contribution in [3.05, 3.63) is 30.0 Å². The number of hydrogen-bond acceptors (Lipinski definition) is 2. The maximum absolute atomic E-state index is 5.28. The molecule has 3 nitrogen and oxygen atoms in total. The maximum atomic E-state index is 5.28. The number of aromatic nitrogens is 1. The van der Waals surface area contributed by atoms with E-state index in [9.17, 15) is 0 Å². The zero-order chi connectivity index (χ0) is 13.0. The van der Waals surface area contributed by atoms with E-state index < -0.39 is 0 Å². The van der Waals surface area contributed by atoms with Gasteiger partial charge in [0.05, 0.1) is 12.6 Å². The molecule has 0 saturated heterocycles. The molecule has 0 aliphatic carbocycles. The highest BCUT2D eigenvalue weighted by molar-refractivity contribution is 5.85. The second-order valence-electron chi connectivity index (χ2n) is 4.61. The molecule has 0 atom stereocenters. The van der Waals surface area contributed by atoms with Crippen molar-refractivity contribution in [2.24, 2.45) is 7.05 Å². The van der Waals surface area contributed by atoms with E-state index in [0.29, 0.717) is 0 Å². The summed E-state index contributed by atoms with van der Waals surface area (Å²) in [6.07, 6.45) is 4.53. The van der Waals surface area contributed by atoms with Crippen LogP contribution in [0, 0.1) is 0 Å². The second-order valence-corrected chi connectivity index (χ2v) is 4.61. The Balaban J connectivity index is 2.18. The predicted molar refractivity (Wildman–Crippen MR) is 76.3 cm³/mol. The third-order valence-corrected chi connectivity index (χ3v) is 3.33. The first-order valence-electron chi connectivity index (χ1n) is 6.59. The van der Waals surface area contributed by atoms with Gasteiger partial charge < -0.3 is 14.6 Å². The molecular weight excluding hydrogens is 224 g/mol. The fourth-order valence-electron chi connectivity index (χ4n) is 2.35. The van der Waals surface area contributed by atoms with Gasteiger partial charge in [-0.15, -0.1) is 0 Å². The van der Waals surface area contributed by atoms with Crippen LogP contribution in [0.25, 0.3) is 10.9 Å². The van der Waals surface area contributed by atoms with Crippen LogP contribution in [0.1, 0.15) is 18.9 Å². The molecule has 0 saturated carbocycles. The lowest BCUT2D eigenvalue weighted by Gasteiger charge is -2.02. The van der Waals surface area contributed by atoms with Gasteiger partial charge in [0.2, 0.25) is 0 Å². The summed E-state index contributed by atoms with van der Waals surface area (Å²) < 4.78 is 7.46. The Hall–Kier alpha value is -1.48. The van der Waals surface area contributed by atoms with Gasteiger partial charge in [-0.05, 0) is 43.6 Å². The molecule has 0 fully saturated rings. The molecule has 3 heteroatoms. The van der Waals surface area contributed by atoms with Crippen LogP contribution in [-0.2, 0) is 13.5 Å². The normalized spacial score (nSPS) is 11.1.